The Labute approximate surface area is 157 Å². The molecule has 0 saturated carbocycles. The third-order valence-corrected chi connectivity index (χ3v) is 4.28. The fraction of sp³-hybridized carbons (Fsp3) is 0.100. The molecule has 0 aliphatic carbocycles. The SMILES string of the molecule is COc1cccc(Nc2cncc(C(=O)Nc3cccc(Cl)c3C)c2)c1. The fourth-order valence-corrected chi connectivity index (χ4v) is 2.61. The van der Waals surface area contributed by atoms with Crippen molar-refractivity contribution in [2.24, 2.45) is 0 Å². The average molecular weight is 368 g/mol. The normalized spacial score (nSPS) is 10.3. The van der Waals surface area contributed by atoms with Crippen LogP contribution < -0.4 is 15.4 Å². The lowest BCUT2D eigenvalue weighted by atomic mass is 10.2. The van der Waals surface area contributed by atoms with Gasteiger partial charge in [-0.3, -0.25) is 9.78 Å². The summed E-state index contributed by atoms with van der Waals surface area (Å²) in [6, 6.07) is 14.6. The van der Waals surface area contributed by atoms with Gasteiger partial charge in [-0.2, -0.15) is 0 Å². The van der Waals surface area contributed by atoms with Gasteiger partial charge in [-0.25, -0.2) is 0 Å². The van der Waals surface area contributed by atoms with Crippen LogP contribution >= 0.6 is 11.6 Å². The number of carbonyl (C=O) groups excluding carboxylic acids is 1. The van der Waals surface area contributed by atoms with Crippen LogP contribution in [0.25, 0.3) is 0 Å². The third kappa shape index (κ3) is 4.13. The van der Waals surface area contributed by atoms with Gasteiger partial charge in [-0.1, -0.05) is 23.7 Å². The van der Waals surface area contributed by atoms with Crippen LogP contribution in [0, 0.1) is 6.92 Å². The zero-order valence-electron chi connectivity index (χ0n) is 14.4. The number of halogens is 1. The van der Waals surface area contributed by atoms with Crippen molar-refractivity contribution < 1.29 is 9.53 Å². The molecule has 26 heavy (non-hydrogen) atoms. The number of hydrogen-bond acceptors (Lipinski definition) is 4. The first-order valence-electron chi connectivity index (χ1n) is 7.99. The Hall–Kier alpha value is -3.05. The number of methoxy groups -OCH3 is 1. The Morgan fingerprint density at radius 2 is 1.88 bits per heavy atom. The second-order valence-corrected chi connectivity index (χ2v) is 6.09. The lowest BCUT2D eigenvalue weighted by Gasteiger charge is -2.11. The zero-order chi connectivity index (χ0) is 18.5. The predicted octanol–water partition coefficient (Wildman–Crippen LogP) is 5.05. The largest absolute Gasteiger partial charge is 0.497 e. The average Bonchev–Trinajstić information content (AvgIpc) is 2.66. The molecular formula is C20H18ClN3O2. The maximum absolute atomic E-state index is 12.5. The Morgan fingerprint density at radius 3 is 2.69 bits per heavy atom. The number of hydrogen-bond donors (Lipinski definition) is 2. The van der Waals surface area contributed by atoms with Crippen LogP contribution in [0.4, 0.5) is 17.1 Å². The highest BCUT2D eigenvalue weighted by Crippen LogP contribution is 2.24. The summed E-state index contributed by atoms with van der Waals surface area (Å²) in [6.07, 6.45) is 3.17. The van der Waals surface area contributed by atoms with Gasteiger partial charge >= 0.3 is 0 Å². The second-order valence-electron chi connectivity index (χ2n) is 5.69. The van der Waals surface area contributed by atoms with Crippen molar-refractivity contribution in [1.29, 1.82) is 0 Å². The molecule has 0 spiro atoms. The number of nitrogens with one attached hydrogen (secondary N) is 2. The van der Waals surface area contributed by atoms with Gasteiger partial charge in [0.1, 0.15) is 5.75 Å². The summed E-state index contributed by atoms with van der Waals surface area (Å²) in [5, 5.41) is 6.69. The summed E-state index contributed by atoms with van der Waals surface area (Å²) >= 11 is 6.10. The van der Waals surface area contributed by atoms with Gasteiger partial charge in [0.2, 0.25) is 0 Å². The highest BCUT2D eigenvalue weighted by Gasteiger charge is 2.10. The van der Waals surface area contributed by atoms with Crippen molar-refractivity contribution in [3.05, 3.63) is 77.1 Å². The molecule has 0 fully saturated rings. The van der Waals surface area contributed by atoms with E-state index >= 15 is 0 Å². The van der Waals surface area contributed by atoms with Crippen LogP contribution in [-0.2, 0) is 0 Å². The molecule has 6 heteroatoms. The molecule has 1 amide bonds. The summed E-state index contributed by atoms with van der Waals surface area (Å²) in [5.41, 5.74) is 3.48. The first-order chi connectivity index (χ1) is 12.6. The molecule has 0 bridgehead atoms. The Balaban J connectivity index is 1.78. The number of anilines is 3. The molecule has 5 nitrogen and oxygen atoms in total. The summed E-state index contributed by atoms with van der Waals surface area (Å²) in [7, 11) is 1.61. The van der Waals surface area contributed by atoms with Crippen LogP contribution in [0.2, 0.25) is 5.02 Å². The number of aromatic nitrogens is 1. The van der Waals surface area contributed by atoms with E-state index in [1.807, 2.05) is 37.3 Å². The summed E-state index contributed by atoms with van der Waals surface area (Å²) in [4.78, 5) is 16.7. The number of rotatable bonds is 5. The van der Waals surface area contributed by atoms with Crippen LogP contribution in [-0.4, -0.2) is 18.0 Å². The molecule has 0 aliphatic rings. The molecule has 132 valence electrons. The van der Waals surface area contributed by atoms with Crippen molar-refractivity contribution in [1.82, 2.24) is 4.98 Å². The number of pyridine rings is 1. The molecule has 2 aromatic carbocycles. The Kier molecular flexibility index (Phi) is 5.39. The quantitative estimate of drug-likeness (QED) is 0.662. The summed E-state index contributed by atoms with van der Waals surface area (Å²) < 4.78 is 5.21. The number of ether oxygens (including phenoxy) is 1. The first kappa shape index (κ1) is 17.8. The molecular weight excluding hydrogens is 350 g/mol. The lowest BCUT2D eigenvalue weighted by molar-refractivity contribution is 0.102. The van der Waals surface area contributed by atoms with Gasteiger partial charge in [0.15, 0.2) is 0 Å². The van der Waals surface area contributed by atoms with Crippen molar-refractivity contribution >= 4 is 34.6 Å². The highest BCUT2D eigenvalue weighted by atomic mass is 35.5. The van der Waals surface area contributed by atoms with Crippen LogP contribution in [0.15, 0.2) is 60.9 Å². The van der Waals surface area contributed by atoms with Crippen molar-refractivity contribution in [3.8, 4) is 5.75 Å². The Bertz CT molecular complexity index is 944. The summed E-state index contributed by atoms with van der Waals surface area (Å²) in [6.45, 7) is 1.86. The third-order valence-electron chi connectivity index (χ3n) is 3.87. The standard InChI is InChI=1S/C20H18ClN3O2/c1-13-18(21)7-4-8-19(13)24-20(25)14-9-16(12-22-11-14)23-15-5-3-6-17(10-15)26-2/h3-12,23H,1-2H3,(H,24,25). The molecule has 0 atom stereocenters. The second kappa shape index (κ2) is 7.89. The minimum absolute atomic E-state index is 0.253. The molecule has 3 rings (SSSR count). The number of nitrogens with zero attached hydrogens (tertiary/aromatic N) is 1. The van der Waals surface area contributed by atoms with E-state index in [0.29, 0.717) is 22.0 Å². The first-order valence-corrected chi connectivity index (χ1v) is 8.37. The molecule has 0 aliphatic heterocycles. The van der Waals surface area contributed by atoms with Crippen molar-refractivity contribution in [2.75, 3.05) is 17.7 Å². The van der Waals surface area contributed by atoms with E-state index in [9.17, 15) is 4.79 Å². The van der Waals surface area contributed by atoms with E-state index in [0.717, 1.165) is 17.0 Å². The van der Waals surface area contributed by atoms with Gasteiger partial charge in [0, 0.05) is 28.7 Å². The maximum Gasteiger partial charge on any atom is 0.257 e. The van der Waals surface area contributed by atoms with E-state index in [1.54, 1.807) is 31.5 Å². The number of amides is 1. The minimum Gasteiger partial charge on any atom is -0.497 e. The van der Waals surface area contributed by atoms with E-state index in [1.165, 1.54) is 6.20 Å². The number of carbonyl (C=O) groups is 1. The molecule has 3 aromatic rings. The zero-order valence-corrected chi connectivity index (χ0v) is 15.2. The fourth-order valence-electron chi connectivity index (χ4n) is 2.44. The van der Waals surface area contributed by atoms with Gasteiger partial charge in [0.25, 0.3) is 5.91 Å². The Morgan fingerprint density at radius 1 is 1.08 bits per heavy atom. The van der Waals surface area contributed by atoms with Gasteiger partial charge in [-0.15, -0.1) is 0 Å². The maximum atomic E-state index is 12.5. The monoisotopic (exact) mass is 367 g/mol. The topological polar surface area (TPSA) is 63.2 Å². The van der Waals surface area contributed by atoms with Crippen molar-refractivity contribution in [2.45, 2.75) is 6.92 Å². The molecule has 0 unspecified atom stereocenters. The lowest BCUT2D eigenvalue weighted by Crippen LogP contribution is -2.13. The molecule has 1 aromatic heterocycles. The van der Waals surface area contributed by atoms with E-state index in [2.05, 4.69) is 15.6 Å². The van der Waals surface area contributed by atoms with Gasteiger partial charge < -0.3 is 15.4 Å². The molecule has 1 heterocycles. The van der Waals surface area contributed by atoms with E-state index in [-0.39, 0.29) is 5.91 Å². The predicted molar refractivity (Wildman–Crippen MR) is 105 cm³/mol. The molecule has 0 saturated heterocycles. The van der Waals surface area contributed by atoms with Crippen LogP contribution in [0.3, 0.4) is 0 Å². The number of benzene rings is 2. The van der Waals surface area contributed by atoms with E-state index < -0.39 is 0 Å². The van der Waals surface area contributed by atoms with Crippen molar-refractivity contribution in [3.63, 3.8) is 0 Å². The molecule has 2 N–H and O–H groups in total. The summed E-state index contributed by atoms with van der Waals surface area (Å²) in [5.74, 6) is 0.491. The van der Waals surface area contributed by atoms with Gasteiger partial charge in [-0.05, 0) is 42.8 Å². The van der Waals surface area contributed by atoms with Crippen LogP contribution in [0.1, 0.15) is 15.9 Å². The van der Waals surface area contributed by atoms with E-state index in [4.69, 9.17) is 16.3 Å². The van der Waals surface area contributed by atoms with Crippen LogP contribution in [0.5, 0.6) is 5.75 Å². The van der Waals surface area contributed by atoms with Gasteiger partial charge in [0.05, 0.1) is 24.6 Å². The highest BCUT2D eigenvalue weighted by molar-refractivity contribution is 6.31. The smallest absolute Gasteiger partial charge is 0.257 e. The minimum atomic E-state index is -0.253. The molecule has 0 radical (unpaired) electrons.